The number of hydrogen-bond donors (Lipinski definition) is 0. The van der Waals surface area contributed by atoms with E-state index in [1.165, 1.54) is 6.07 Å². The molecule has 0 aliphatic heterocycles. The highest BCUT2D eigenvalue weighted by atomic mass is 35.5. The molecule has 0 spiro atoms. The van der Waals surface area contributed by atoms with Gasteiger partial charge in [-0.1, -0.05) is 32.4 Å². The molecule has 0 radical (unpaired) electrons. The third kappa shape index (κ3) is 5.47. The van der Waals surface area contributed by atoms with Gasteiger partial charge in [0.05, 0.1) is 18.3 Å². The maximum atomic E-state index is 12.0. The first kappa shape index (κ1) is 16.9. The summed E-state index contributed by atoms with van der Waals surface area (Å²) in [5, 5.41) is 0.294. The monoisotopic (exact) mass is 299 g/mol. The van der Waals surface area contributed by atoms with E-state index >= 15 is 0 Å². The van der Waals surface area contributed by atoms with Gasteiger partial charge in [0.2, 0.25) is 0 Å². The molecule has 1 aromatic heterocycles. The largest absolute Gasteiger partial charge is 0.460 e. The molecule has 1 heterocycles. The minimum Gasteiger partial charge on any atom is -0.460 e. The Hall–Kier alpha value is -1.13. The number of hydrogen-bond acceptors (Lipinski definition) is 4. The standard InChI is InChI=1S/C15H22ClNO3/c1-10(2)19-6-7-20-14(18)11-8-12(15(3,4)5)17-13(16)9-11/h8-10H,6-7H2,1-5H3. The molecular formula is C15H22ClNO3. The number of esters is 1. The number of nitrogens with zero attached hydrogens (tertiary/aromatic N) is 1. The maximum Gasteiger partial charge on any atom is 0.338 e. The Bertz CT molecular complexity index is 467. The molecule has 0 bridgehead atoms. The zero-order chi connectivity index (χ0) is 15.3. The first-order valence-corrected chi connectivity index (χ1v) is 7.04. The Labute approximate surface area is 125 Å². The zero-order valence-corrected chi connectivity index (χ0v) is 13.5. The summed E-state index contributed by atoms with van der Waals surface area (Å²) >= 11 is 5.96. The number of rotatable bonds is 5. The first-order valence-electron chi connectivity index (χ1n) is 6.67. The van der Waals surface area contributed by atoms with Crippen LogP contribution in [0.5, 0.6) is 0 Å². The van der Waals surface area contributed by atoms with Gasteiger partial charge < -0.3 is 9.47 Å². The van der Waals surface area contributed by atoms with Crippen LogP contribution in [0.15, 0.2) is 12.1 Å². The van der Waals surface area contributed by atoms with E-state index < -0.39 is 5.97 Å². The summed E-state index contributed by atoms with van der Waals surface area (Å²) in [6, 6.07) is 3.24. The molecule has 0 aliphatic rings. The molecule has 0 atom stereocenters. The van der Waals surface area contributed by atoms with Gasteiger partial charge in [-0.3, -0.25) is 0 Å². The minimum absolute atomic E-state index is 0.122. The summed E-state index contributed by atoms with van der Waals surface area (Å²) in [7, 11) is 0. The average Bonchev–Trinajstić information content (AvgIpc) is 2.32. The van der Waals surface area contributed by atoms with Gasteiger partial charge in [-0.2, -0.15) is 0 Å². The van der Waals surface area contributed by atoms with Crippen LogP contribution in [0.25, 0.3) is 0 Å². The van der Waals surface area contributed by atoms with Gasteiger partial charge in [0.15, 0.2) is 0 Å². The van der Waals surface area contributed by atoms with E-state index in [1.807, 2.05) is 34.6 Å². The molecule has 112 valence electrons. The van der Waals surface area contributed by atoms with Gasteiger partial charge in [0.25, 0.3) is 0 Å². The molecule has 0 saturated heterocycles. The highest BCUT2D eigenvalue weighted by Crippen LogP contribution is 2.23. The van der Waals surface area contributed by atoms with Crippen LogP contribution in [0.4, 0.5) is 0 Å². The number of halogens is 1. The van der Waals surface area contributed by atoms with Crippen molar-refractivity contribution in [1.82, 2.24) is 4.98 Å². The molecule has 0 unspecified atom stereocenters. The van der Waals surface area contributed by atoms with E-state index in [1.54, 1.807) is 6.07 Å². The molecular weight excluding hydrogens is 278 g/mol. The van der Waals surface area contributed by atoms with Crippen LogP contribution in [0.2, 0.25) is 5.15 Å². The van der Waals surface area contributed by atoms with Gasteiger partial charge in [0, 0.05) is 11.1 Å². The molecule has 0 N–H and O–H groups in total. The molecule has 1 aromatic rings. The van der Waals surface area contributed by atoms with E-state index in [2.05, 4.69) is 4.98 Å². The summed E-state index contributed by atoms with van der Waals surface area (Å²) in [4.78, 5) is 16.2. The lowest BCUT2D eigenvalue weighted by molar-refractivity contribution is 0.0176. The molecule has 20 heavy (non-hydrogen) atoms. The molecule has 5 heteroatoms. The van der Waals surface area contributed by atoms with E-state index in [9.17, 15) is 4.79 Å². The first-order chi connectivity index (χ1) is 9.20. The van der Waals surface area contributed by atoms with Crippen molar-refractivity contribution in [3.63, 3.8) is 0 Å². The molecule has 0 saturated carbocycles. The van der Waals surface area contributed by atoms with Crippen molar-refractivity contribution < 1.29 is 14.3 Å². The van der Waals surface area contributed by atoms with Crippen molar-refractivity contribution in [2.45, 2.75) is 46.1 Å². The van der Waals surface area contributed by atoms with Crippen molar-refractivity contribution in [1.29, 1.82) is 0 Å². The molecule has 0 aromatic carbocycles. The van der Waals surface area contributed by atoms with E-state index in [0.29, 0.717) is 17.3 Å². The van der Waals surface area contributed by atoms with Crippen LogP contribution in [-0.4, -0.2) is 30.3 Å². The van der Waals surface area contributed by atoms with Crippen LogP contribution >= 0.6 is 11.6 Å². The van der Waals surface area contributed by atoms with Crippen LogP contribution < -0.4 is 0 Å². The Balaban J connectivity index is 2.71. The topological polar surface area (TPSA) is 48.4 Å². The maximum absolute atomic E-state index is 12.0. The second-order valence-electron chi connectivity index (χ2n) is 5.87. The molecule has 0 fully saturated rings. The van der Waals surface area contributed by atoms with Crippen LogP contribution in [0.1, 0.15) is 50.7 Å². The lowest BCUT2D eigenvalue weighted by Crippen LogP contribution is -2.17. The zero-order valence-electron chi connectivity index (χ0n) is 12.7. The molecule has 0 amide bonds. The summed E-state index contributed by atoms with van der Waals surface area (Å²) in [5.41, 5.74) is 0.996. The number of aromatic nitrogens is 1. The number of carbonyl (C=O) groups is 1. The Morgan fingerprint density at radius 1 is 1.30 bits per heavy atom. The number of carbonyl (C=O) groups excluding carboxylic acids is 1. The normalized spacial score (nSPS) is 11.8. The lowest BCUT2D eigenvalue weighted by Gasteiger charge is -2.18. The van der Waals surface area contributed by atoms with Crippen molar-refractivity contribution in [2.24, 2.45) is 0 Å². The van der Waals surface area contributed by atoms with Gasteiger partial charge in [-0.25, -0.2) is 9.78 Å². The third-order valence-electron chi connectivity index (χ3n) is 2.57. The Kier molecular flexibility index (Phi) is 5.96. The van der Waals surface area contributed by atoms with Crippen LogP contribution in [0.3, 0.4) is 0 Å². The summed E-state index contributed by atoms with van der Waals surface area (Å²) in [6.45, 7) is 10.5. The highest BCUT2D eigenvalue weighted by Gasteiger charge is 2.19. The summed E-state index contributed by atoms with van der Waals surface area (Å²) in [5.74, 6) is -0.410. The second kappa shape index (κ2) is 7.04. The predicted octanol–water partition coefficient (Wildman–Crippen LogP) is 3.61. The molecule has 0 aliphatic carbocycles. The predicted molar refractivity (Wildman–Crippen MR) is 79.3 cm³/mol. The Morgan fingerprint density at radius 3 is 2.50 bits per heavy atom. The second-order valence-corrected chi connectivity index (χ2v) is 6.26. The van der Waals surface area contributed by atoms with Gasteiger partial charge >= 0.3 is 5.97 Å². The van der Waals surface area contributed by atoms with Crippen LogP contribution in [-0.2, 0) is 14.9 Å². The number of ether oxygens (including phenoxy) is 2. The quantitative estimate of drug-likeness (QED) is 0.473. The van der Waals surface area contributed by atoms with E-state index in [4.69, 9.17) is 21.1 Å². The fourth-order valence-electron chi connectivity index (χ4n) is 1.50. The number of pyridine rings is 1. The van der Waals surface area contributed by atoms with Gasteiger partial charge in [-0.05, 0) is 26.0 Å². The highest BCUT2D eigenvalue weighted by molar-refractivity contribution is 6.29. The third-order valence-corrected chi connectivity index (χ3v) is 2.76. The SMILES string of the molecule is CC(C)OCCOC(=O)c1cc(Cl)nc(C(C)(C)C)c1. The smallest absolute Gasteiger partial charge is 0.338 e. The molecule has 4 nitrogen and oxygen atoms in total. The van der Waals surface area contributed by atoms with E-state index in [-0.39, 0.29) is 18.1 Å². The summed E-state index contributed by atoms with van der Waals surface area (Å²) < 4.78 is 10.5. The van der Waals surface area contributed by atoms with Gasteiger partial charge in [0.1, 0.15) is 11.8 Å². The fourth-order valence-corrected chi connectivity index (χ4v) is 1.71. The van der Waals surface area contributed by atoms with E-state index in [0.717, 1.165) is 5.69 Å². The Morgan fingerprint density at radius 2 is 1.95 bits per heavy atom. The van der Waals surface area contributed by atoms with Crippen molar-refractivity contribution >= 4 is 17.6 Å². The van der Waals surface area contributed by atoms with Crippen LogP contribution in [0, 0.1) is 0 Å². The lowest BCUT2D eigenvalue weighted by atomic mass is 9.91. The van der Waals surface area contributed by atoms with Gasteiger partial charge in [-0.15, -0.1) is 0 Å². The fraction of sp³-hybridized carbons (Fsp3) is 0.600. The summed E-state index contributed by atoms with van der Waals surface area (Å²) in [6.07, 6.45) is 0.122. The minimum atomic E-state index is -0.410. The average molecular weight is 300 g/mol. The molecule has 1 rings (SSSR count). The van der Waals surface area contributed by atoms with Crippen molar-refractivity contribution in [3.05, 3.63) is 28.5 Å². The van der Waals surface area contributed by atoms with Crippen molar-refractivity contribution in [2.75, 3.05) is 13.2 Å². The van der Waals surface area contributed by atoms with Crippen molar-refractivity contribution in [3.8, 4) is 0 Å².